The van der Waals surface area contributed by atoms with Gasteiger partial charge in [0.05, 0.1) is 12.8 Å². The third-order valence-electron chi connectivity index (χ3n) is 2.95. The van der Waals surface area contributed by atoms with E-state index in [0.29, 0.717) is 5.88 Å². The van der Waals surface area contributed by atoms with Crippen molar-refractivity contribution in [2.45, 2.75) is 25.7 Å². The standard InChI is InChI=1S/C12H19N3O/c1-3-11(9-13-5-1)4-2-8-16-12-10-14-6-7-15-12/h6-7,10-11,13H,1-5,8-9H2. The molecule has 0 aliphatic carbocycles. The van der Waals surface area contributed by atoms with Crippen LogP contribution in [0.2, 0.25) is 0 Å². The third kappa shape index (κ3) is 3.77. The van der Waals surface area contributed by atoms with Crippen molar-refractivity contribution in [1.82, 2.24) is 15.3 Å². The van der Waals surface area contributed by atoms with Gasteiger partial charge in [-0.1, -0.05) is 0 Å². The van der Waals surface area contributed by atoms with Gasteiger partial charge in [-0.15, -0.1) is 0 Å². The summed E-state index contributed by atoms with van der Waals surface area (Å²) in [6.45, 7) is 3.10. The minimum absolute atomic E-state index is 0.629. The summed E-state index contributed by atoms with van der Waals surface area (Å²) in [5.41, 5.74) is 0. The van der Waals surface area contributed by atoms with Gasteiger partial charge in [0, 0.05) is 12.4 Å². The highest BCUT2D eigenvalue weighted by molar-refractivity contribution is 5.00. The molecular weight excluding hydrogens is 202 g/mol. The highest BCUT2D eigenvalue weighted by Gasteiger charge is 2.12. The molecule has 1 aliphatic heterocycles. The van der Waals surface area contributed by atoms with Gasteiger partial charge in [-0.2, -0.15) is 0 Å². The Morgan fingerprint density at radius 3 is 3.19 bits per heavy atom. The molecule has 1 aliphatic rings. The summed E-state index contributed by atoms with van der Waals surface area (Å²) in [4.78, 5) is 8.02. The Labute approximate surface area is 96.4 Å². The average Bonchev–Trinajstić information content (AvgIpc) is 2.37. The van der Waals surface area contributed by atoms with Crippen LogP contribution in [0.4, 0.5) is 0 Å². The van der Waals surface area contributed by atoms with Crippen LogP contribution in [0.15, 0.2) is 18.6 Å². The maximum atomic E-state index is 5.50. The SMILES string of the molecule is c1cnc(OCCCC2CCCNC2)cn1. The summed E-state index contributed by atoms with van der Waals surface area (Å²) in [6.07, 6.45) is 9.98. The van der Waals surface area contributed by atoms with E-state index in [1.54, 1.807) is 18.6 Å². The van der Waals surface area contributed by atoms with Gasteiger partial charge < -0.3 is 10.1 Å². The summed E-state index contributed by atoms with van der Waals surface area (Å²) in [6, 6.07) is 0. The van der Waals surface area contributed by atoms with E-state index in [-0.39, 0.29) is 0 Å². The molecule has 0 bridgehead atoms. The topological polar surface area (TPSA) is 47.0 Å². The van der Waals surface area contributed by atoms with Gasteiger partial charge in [0.1, 0.15) is 0 Å². The smallest absolute Gasteiger partial charge is 0.232 e. The molecule has 1 N–H and O–H groups in total. The van der Waals surface area contributed by atoms with Crippen LogP contribution in [0.3, 0.4) is 0 Å². The van der Waals surface area contributed by atoms with Crippen LogP contribution in [0.1, 0.15) is 25.7 Å². The van der Waals surface area contributed by atoms with Crippen molar-refractivity contribution in [1.29, 1.82) is 0 Å². The lowest BCUT2D eigenvalue weighted by Gasteiger charge is -2.22. The number of ether oxygens (including phenoxy) is 1. The molecule has 1 aromatic rings. The Bertz CT molecular complexity index is 286. The van der Waals surface area contributed by atoms with Crippen LogP contribution in [0, 0.1) is 5.92 Å². The Kier molecular flexibility index (Phi) is 4.55. The van der Waals surface area contributed by atoms with Gasteiger partial charge in [0.15, 0.2) is 0 Å². The highest BCUT2D eigenvalue weighted by Crippen LogP contribution is 2.15. The molecule has 2 heterocycles. The first-order valence-corrected chi connectivity index (χ1v) is 6.04. The van der Waals surface area contributed by atoms with E-state index in [9.17, 15) is 0 Å². The second-order valence-corrected chi connectivity index (χ2v) is 4.25. The average molecular weight is 221 g/mol. The quantitative estimate of drug-likeness (QED) is 0.768. The lowest BCUT2D eigenvalue weighted by molar-refractivity contribution is 0.267. The Balaban J connectivity index is 1.58. The second-order valence-electron chi connectivity index (χ2n) is 4.25. The molecule has 1 fully saturated rings. The molecule has 1 saturated heterocycles. The van der Waals surface area contributed by atoms with Gasteiger partial charge in [-0.3, -0.25) is 4.98 Å². The number of rotatable bonds is 5. The zero-order valence-electron chi connectivity index (χ0n) is 9.56. The lowest BCUT2D eigenvalue weighted by atomic mass is 9.95. The van der Waals surface area contributed by atoms with Crippen molar-refractivity contribution in [3.05, 3.63) is 18.6 Å². The van der Waals surface area contributed by atoms with Crippen molar-refractivity contribution in [2.24, 2.45) is 5.92 Å². The fourth-order valence-electron chi connectivity index (χ4n) is 2.08. The molecular formula is C12H19N3O. The summed E-state index contributed by atoms with van der Waals surface area (Å²) in [5, 5.41) is 3.43. The first-order valence-electron chi connectivity index (χ1n) is 6.04. The number of nitrogens with one attached hydrogen (secondary N) is 1. The van der Waals surface area contributed by atoms with Gasteiger partial charge in [-0.25, -0.2) is 4.98 Å². The first kappa shape index (κ1) is 11.3. The van der Waals surface area contributed by atoms with Crippen molar-refractivity contribution in [3.63, 3.8) is 0 Å². The summed E-state index contributed by atoms with van der Waals surface area (Å²) in [7, 11) is 0. The fourth-order valence-corrected chi connectivity index (χ4v) is 2.08. The number of piperidine rings is 1. The number of aromatic nitrogens is 2. The van der Waals surface area contributed by atoms with Crippen molar-refractivity contribution < 1.29 is 4.74 Å². The van der Waals surface area contributed by atoms with E-state index in [4.69, 9.17) is 4.74 Å². The molecule has 4 nitrogen and oxygen atoms in total. The second kappa shape index (κ2) is 6.43. The molecule has 0 saturated carbocycles. The molecule has 1 atom stereocenters. The van der Waals surface area contributed by atoms with E-state index in [1.165, 1.54) is 32.4 Å². The van der Waals surface area contributed by atoms with Crippen LogP contribution in [0.5, 0.6) is 5.88 Å². The normalized spacial score (nSPS) is 20.6. The van der Waals surface area contributed by atoms with E-state index in [1.807, 2.05) is 0 Å². The predicted octanol–water partition coefficient (Wildman–Crippen LogP) is 1.64. The Morgan fingerprint density at radius 1 is 1.44 bits per heavy atom. The minimum Gasteiger partial charge on any atom is -0.477 e. The monoisotopic (exact) mass is 221 g/mol. The van der Waals surface area contributed by atoms with Crippen molar-refractivity contribution in [2.75, 3.05) is 19.7 Å². The number of nitrogens with zero attached hydrogens (tertiary/aromatic N) is 2. The fraction of sp³-hybridized carbons (Fsp3) is 0.667. The maximum Gasteiger partial charge on any atom is 0.232 e. The summed E-state index contributed by atoms with van der Waals surface area (Å²) in [5.74, 6) is 1.46. The summed E-state index contributed by atoms with van der Waals surface area (Å²) < 4.78 is 5.50. The summed E-state index contributed by atoms with van der Waals surface area (Å²) >= 11 is 0. The van der Waals surface area contributed by atoms with Gasteiger partial charge in [0.2, 0.25) is 5.88 Å². The van der Waals surface area contributed by atoms with Crippen LogP contribution in [-0.4, -0.2) is 29.7 Å². The zero-order chi connectivity index (χ0) is 11.1. The van der Waals surface area contributed by atoms with Crippen LogP contribution in [0.25, 0.3) is 0 Å². The molecule has 0 spiro atoms. The zero-order valence-corrected chi connectivity index (χ0v) is 9.56. The maximum absolute atomic E-state index is 5.50. The van der Waals surface area contributed by atoms with Gasteiger partial charge >= 0.3 is 0 Å². The van der Waals surface area contributed by atoms with Gasteiger partial charge in [-0.05, 0) is 44.7 Å². The lowest BCUT2D eigenvalue weighted by Crippen LogP contribution is -2.29. The molecule has 1 aromatic heterocycles. The van der Waals surface area contributed by atoms with Gasteiger partial charge in [0.25, 0.3) is 0 Å². The van der Waals surface area contributed by atoms with Crippen LogP contribution < -0.4 is 10.1 Å². The van der Waals surface area contributed by atoms with Crippen LogP contribution in [-0.2, 0) is 0 Å². The van der Waals surface area contributed by atoms with E-state index in [2.05, 4.69) is 15.3 Å². The number of hydrogen-bond donors (Lipinski definition) is 1. The minimum atomic E-state index is 0.629. The Morgan fingerprint density at radius 2 is 2.44 bits per heavy atom. The van der Waals surface area contributed by atoms with Crippen LogP contribution >= 0.6 is 0 Å². The van der Waals surface area contributed by atoms with E-state index < -0.39 is 0 Å². The molecule has 0 radical (unpaired) electrons. The Hall–Kier alpha value is -1.16. The molecule has 2 rings (SSSR count). The van der Waals surface area contributed by atoms with Crippen molar-refractivity contribution >= 4 is 0 Å². The number of hydrogen-bond acceptors (Lipinski definition) is 4. The first-order chi connectivity index (χ1) is 7.95. The predicted molar refractivity (Wildman–Crippen MR) is 62.4 cm³/mol. The molecule has 1 unspecified atom stereocenters. The largest absolute Gasteiger partial charge is 0.477 e. The van der Waals surface area contributed by atoms with E-state index in [0.717, 1.165) is 18.9 Å². The molecule has 16 heavy (non-hydrogen) atoms. The molecule has 4 heteroatoms. The molecule has 0 amide bonds. The molecule has 88 valence electrons. The van der Waals surface area contributed by atoms with E-state index >= 15 is 0 Å². The third-order valence-corrected chi connectivity index (χ3v) is 2.95. The van der Waals surface area contributed by atoms with Crippen molar-refractivity contribution in [3.8, 4) is 5.88 Å². The molecule has 0 aromatic carbocycles. The highest BCUT2D eigenvalue weighted by atomic mass is 16.5.